The predicted octanol–water partition coefficient (Wildman–Crippen LogP) is 4.91. The van der Waals surface area contributed by atoms with Gasteiger partial charge in [-0.05, 0) is 36.4 Å². The van der Waals surface area contributed by atoms with Crippen LogP contribution >= 0.6 is 11.8 Å². The number of anilines is 2. The van der Waals surface area contributed by atoms with Crippen molar-refractivity contribution in [2.75, 3.05) is 31.4 Å². The lowest BCUT2D eigenvalue weighted by atomic mass is 10.2. The van der Waals surface area contributed by atoms with Gasteiger partial charge in [0.15, 0.2) is 11.5 Å². The fraction of sp³-hybridized carbons (Fsp3) is 0.136. The summed E-state index contributed by atoms with van der Waals surface area (Å²) in [6.07, 6.45) is 0. The lowest BCUT2D eigenvalue weighted by Gasteiger charge is -2.13. The quantitative estimate of drug-likeness (QED) is 0.569. The molecule has 6 heteroatoms. The highest BCUT2D eigenvalue weighted by atomic mass is 32.2. The number of hydrogen-bond donors (Lipinski definition) is 2. The monoisotopic (exact) mass is 394 g/mol. The maximum Gasteiger partial charge on any atom is 0.243 e. The van der Waals surface area contributed by atoms with Crippen molar-refractivity contribution < 1.29 is 14.3 Å². The molecule has 0 bridgehead atoms. The van der Waals surface area contributed by atoms with Crippen LogP contribution in [0.4, 0.5) is 11.4 Å². The topological polar surface area (TPSA) is 59.6 Å². The zero-order chi connectivity index (χ0) is 19.8. The number of carbonyl (C=O) groups excluding carboxylic acids is 1. The van der Waals surface area contributed by atoms with E-state index < -0.39 is 0 Å². The molecule has 0 saturated heterocycles. The summed E-state index contributed by atoms with van der Waals surface area (Å²) >= 11 is 1.65. The van der Waals surface area contributed by atoms with Gasteiger partial charge in [0.1, 0.15) is 0 Å². The molecule has 0 aliphatic rings. The molecular formula is C22H22N2O3S. The fourth-order valence-corrected chi connectivity index (χ4v) is 3.56. The van der Waals surface area contributed by atoms with E-state index in [9.17, 15) is 4.79 Å². The molecule has 0 fully saturated rings. The first-order valence-corrected chi connectivity index (χ1v) is 9.59. The van der Waals surface area contributed by atoms with Crippen molar-refractivity contribution in [2.45, 2.75) is 9.79 Å². The van der Waals surface area contributed by atoms with Crippen LogP contribution in [0.3, 0.4) is 0 Å². The molecule has 0 radical (unpaired) electrons. The van der Waals surface area contributed by atoms with E-state index in [1.165, 1.54) is 0 Å². The number of nitrogens with one attached hydrogen (secondary N) is 2. The van der Waals surface area contributed by atoms with E-state index in [0.717, 1.165) is 15.5 Å². The summed E-state index contributed by atoms with van der Waals surface area (Å²) in [7, 11) is 3.14. The summed E-state index contributed by atoms with van der Waals surface area (Å²) < 4.78 is 10.5. The molecule has 3 aromatic carbocycles. The van der Waals surface area contributed by atoms with Crippen LogP contribution in [-0.4, -0.2) is 26.7 Å². The second kappa shape index (κ2) is 9.71. The van der Waals surface area contributed by atoms with Crippen LogP contribution in [-0.2, 0) is 4.79 Å². The summed E-state index contributed by atoms with van der Waals surface area (Å²) in [5.41, 5.74) is 1.57. The Morgan fingerprint density at radius 2 is 1.61 bits per heavy atom. The van der Waals surface area contributed by atoms with E-state index in [2.05, 4.69) is 22.8 Å². The standard InChI is InChI=1S/C22H22N2O3S/c1-26-19-13-12-16(14-20(19)27-2)24-22(25)15-23-18-10-6-7-11-21(18)28-17-8-4-3-5-9-17/h3-14,23H,15H2,1-2H3,(H,24,25). The minimum Gasteiger partial charge on any atom is -0.493 e. The van der Waals surface area contributed by atoms with Crippen molar-refractivity contribution in [3.8, 4) is 11.5 Å². The van der Waals surface area contributed by atoms with Gasteiger partial charge < -0.3 is 20.1 Å². The maximum atomic E-state index is 12.4. The number of para-hydroxylation sites is 1. The van der Waals surface area contributed by atoms with Gasteiger partial charge in [-0.3, -0.25) is 4.79 Å². The smallest absolute Gasteiger partial charge is 0.243 e. The number of benzene rings is 3. The highest BCUT2D eigenvalue weighted by Gasteiger charge is 2.09. The molecule has 0 aromatic heterocycles. The summed E-state index contributed by atoms with van der Waals surface area (Å²) in [4.78, 5) is 14.6. The van der Waals surface area contributed by atoms with Crippen LogP contribution in [0.15, 0.2) is 82.6 Å². The minimum absolute atomic E-state index is 0.147. The van der Waals surface area contributed by atoms with Gasteiger partial charge in [0.25, 0.3) is 0 Å². The van der Waals surface area contributed by atoms with Gasteiger partial charge in [-0.2, -0.15) is 0 Å². The SMILES string of the molecule is COc1ccc(NC(=O)CNc2ccccc2Sc2ccccc2)cc1OC. The first kappa shape index (κ1) is 19.6. The highest BCUT2D eigenvalue weighted by Crippen LogP contribution is 2.33. The van der Waals surface area contributed by atoms with Gasteiger partial charge in [-0.25, -0.2) is 0 Å². The summed E-state index contributed by atoms with van der Waals surface area (Å²) in [5, 5.41) is 6.08. The summed E-state index contributed by atoms with van der Waals surface area (Å²) in [6.45, 7) is 0.153. The molecule has 0 unspecified atom stereocenters. The van der Waals surface area contributed by atoms with E-state index >= 15 is 0 Å². The van der Waals surface area contributed by atoms with Crippen LogP contribution < -0.4 is 20.1 Å². The van der Waals surface area contributed by atoms with Gasteiger partial charge in [-0.15, -0.1) is 0 Å². The van der Waals surface area contributed by atoms with E-state index in [1.54, 1.807) is 44.2 Å². The Morgan fingerprint density at radius 1 is 0.893 bits per heavy atom. The molecule has 3 aromatic rings. The molecule has 0 aliphatic heterocycles. The fourth-order valence-electron chi connectivity index (χ4n) is 2.61. The zero-order valence-electron chi connectivity index (χ0n) is 15.8. The Bertz CT molecular complexity index is 932. The number of hydrogen-bond acceptors (Lipinski definition) is 5. The Kier molecular flexibility index (Phi) is 6.81. The average Bonchev–Trinajstić information content (AvgIpc) is 2.73. The molecule has 5 nitrogen and oxygen atoms in total. The average molecular weight is 394 g/mol. The van der Waals surface area contributed by atoms with Gasteiger partial charge >= 0.3 is 0 Å². The Hall–Kier alpha value is -3.12. The van der Waals surface area contributed by atoms with Crippen LogP contribution in [0.2, 0.25) is 0 Å². The molecule has 3 rings (SSSR count). The van der Waals surface area contributed by atoms with Crippen molar-refractivity contribution in [3.05, 3.63) is 72.8 Å². The van der Waals surface area contributed by atoms with Crippen molar-refractivity contribution >= 4 is 29.0 Å². The van der Waals surface area contributed by atoms with E-state index in [-0.39, 0.29) is 12.5 Å². The summed E-state index contributed by atoms with van der Waals surface area (Å²) in [5.74, 6) is 1.04. The molecule has 0 saturated carbocycles. The molecule has 144 valence electrons. The van der Waals surface area contributed by atoms with Crippen molar-refractivity contribution in [3.63, 3.8) is 0 Å². The predicted molar refractivity (Wildman–Crippen MR) is 114 cm³/mol. The van der Waals surface area contributed by atoms with Crippen LogP contribution in [0.25, 0.3) is 0 Å². The van der Waals surface area contributed by atoms with E-state index in [0.29, 0.717) is 17.2 Å². The number of carbonyl (C=O) groups is 1. The van der Waals surface area contributed by atoms with Crippen molar-refractivity contribution in [1.29, 1.82) is 0 Å². The molecule has 28 heavy (non-hydrogen) atoms. The third kappa shape index (κ3) is 5.20. The second-order valence-corrected chi connectivity index (χ2v) is 7.00. The third-order valence-corrected chi connectivity index (χ3v) is 5.05. The number of amides is 1. The largest absolute Gasteiger partial charge is 0.493 e. The normalized spacial score (nSPS) is 10.2. The highest BCUT2D eigenvalue weighted by molar-refractivity contribution is 7.99. The Labute approximate surface area is 169 Å². The lowest BCUT2D eigenvalue weighted by molar-refractivity contribution is -0.114. The Morgan fingerprint density at radius 3 is 2.36 bits per heavy atom. The zero-order valence-corrected chi connectivity index (χ0v) is 16.6. The first-order valence-electron chi connectivity index (χ1n) is 8.77. The molecule has 0 atom stereocenters. The van der Waals surface area contributed by atoms with Gasteiger partial charge in [-0.1, -0.05) is 42.1 Å². The number of rotatable bonds is 8. The molecule has 1 amide bonds. The lowest BCUT2D eigenvalue weighted by Crippen LogP contribution is -2.22. The van der Waals surface area contributed by atoms with E-state index in [4.69, 9.17) is 9.47 Å². The number of methoxy groups -OCH3 is 2. The Balaban J connectivity index is 1.62. The van der Waals surface area contributed by atoms with Crippen molar-refractivity contribution in [1.82, 2.24) is 0 Å². The van der Waals surface area contributed by atoms with Gasteiger partial charge in [0, 0.05) is 27.2 Å². The van der Waals surface area contributed by atoms with Crippen LogP contribution in [0.1, 0.15) is 0 Å². The molecule has 0 aliphatic carbocycles. The number of ether oxygens (including phenoxy) is 2. The first-order chi connectivity index (χ1) is 13.7. The second-order valence-electron chi connectivity index (χ2n) is 5.88. The van der Waals surface area contributed by atoms with Crippen molar-refractivity contribution in [2.24, 2.45) is 0 Å². The molecule has 2 N–H and O–H groups in total. The van der Waals surface area contributed by atoms with Crippen LogP contribution in [0.5, 0.6) is 11.5 Å². The third-order valence-electron chi connectivity index (χ3n) is 3.96. The van der Waals surface area contributed by atoms with Gasteiger partial charge in [0.2, 0.25) is 5.91 Å². The molecule has 0 heterocycles. The molecular weight excluding hydrogens is 372 g/mol. The summed E-state index contributed by atoms with van der Waals surface area (Å²) in [6, 6.07) is 23.3. The minimum atomic E-state index is -0.147. The van der Waals surface area contributed by atoms with E-state index in [1.807, 2.05) is 42.5 Å². The maximum absolute atomic E-state index is 12.4. The van der Waals surface area contributed by atoms with Crippen LogP contribution in [0, 0.1) is 0 Å². The van der Waals surface area contributed by atoms with Gasteiger partial charge in [0.05, 0.1) is 20.8 Å². The molecule has 0 spiro atoms.